The number of H-pyrrole nitrogens is 1. The average Bonchev–Trinajstić information content (AvgIpc) is 2.66. The number of nitrogens with one attached hydrogen (secondary N) is 1. The van der Waals surface area contributed by atoms with Gasteiger partial charge in [0.1, 0.15) is 4.90 Å². The zero-order valence-electron chi connectivity index (χ0n) is 10.3. The van der Waals surface area contributed by atoms with E-state index in [2.05, 4.69) is 10.2 Å². The summed E-state index contributed by atoms with van der Waals surface area (Å²) in [6.07, 6.45) is -5.62. The minimum Gasteiger partial charge on any atom is -0.281 e. The topological polar surface area (TPSA) is 66.1 Å². The van der Waals surface area contributed by atoms with Gasteiger partial charge in [0.05, 0.1) is 23.7 Å². The molecular formula is C9H13ClF3N3O2S. The molecule has 0 spiro atoms. The molecule has 1 heterocycles. The summed E-state index contributed by atoms with van der Waals surface area (Å²) in [5, 5.41) is 6.17. The smallest absolute Gasteiger partial charge is 0.281 e. The maximum Gasteiger partial charge on any atom is 0.390 e. The van der Waals surface area contributed by atoms with E-state index in [9.17, 15) is 21.6 Å². The van der Waals surface area contributed by atoms with Crippen LogP contribution in [0, 0.1) is 6.92 Å². The molecule has 0 radical (unpaired) electrons. The summed E-state index contributed by atoms with van der Waals surface area (Å²) >= 11 is 5.56. The Morgan fingerprint density at radius 2 is 2.00 bits per heavy atom. The summed E-state index contributed by atoms with van der Waals surface area (Å²) in [6, 6.07) is 0. The van der Waals surface area contributed by atoms with Crippen LogP contribution in [0.2, 0.25) is 0 Å². The summed E-state index contributed by atoms with van der Waals surface area (Å²) in [6.45, 7) is 0.811. The highest BCUT2D eigenvalue weighted by molar-refractivity contribution is 7.89. The molecule has 5 nitrogen and oxygen atoms in total. The Morgan fingerprint density at radius 1 is 1.42 bits per heavy atom. The fraction of sp³-hybridized carbons (Fsp3) is 0.667. The van der Waals surface area contributed by atoms with Gasteiger partial charge in [-0.15, -0.1) is 11.6 Å². The van der Waals surface area contributed by atoms with Crippen molar-refractivity contribution in [2.75, 3.05) is 13.6 Å². The van der Waals surface area contributed by atoms with Crippen molar-refractivity contribution in [2.45, 2.75) is 30.3 Å². The van der Waals surface area contributed by atoms with Gasteiger partial charge in [0, 0.05) is 13.6 Å². The van der Waals surface area contributed by atoms with Crippen LogP contribution in [0.4, 0.5) is 13.2 Å². The first-order chi connectivity index (χ1) is 8.59. The van der Waals surface area contributed by atoms with Crippen molar-refractivity contribution in [1.82, 2.24) is 14.5 Å². The number of aromatic nitrogens is 2. The molecule has 19 heavy (non-hydrogen) atoms. The van der Waals surface area contributed by atoms with Gasteiger partial charge in [-0.05, 0) is 6.92 Å². The van der Waals surface area contributed by atoms with Crippen molar-refractivity contribution in [1.29, 1.82) is 0 Å². The van der Waals surface area contributed by atoms with Crippen LogP contribution in [0.25, 0.3) is 0 Å². The van der Waals surface area contributed by atoms with E-state index in [4.69, 9.17) is 11.6 Å². The Hall–Kier alpha value is -0.800. The molecule has 0 aromatic carbocycles. The van der Waals surface area contributed by atoms with Crippen molar-refractivity contribution in [3.63, 3.8) is 0 Å². The van der Waals surface area contributed by atoms with Gasteiger partial charge in [-0.2, -0.15) is 18.3 Å². The number of rotatable bonds is 5. The number of halogens is 4. The van der Waals surface area contributed by atoms with E-state index >= 15 is 0 Å². The molecule has 0 fully saturated rings. The van der Waals surface area contributed by atoms with Crippen LogP contribution < -0.4 is 0 Å². The second kappa shape index (κ2) is 5.68. The minimum absolute atomic E-state index is 0.0954. The molecule has 0 bridgehead atoms. The Kier molecular flexibility index (Phi) is 4.86. The van der Waals surface area contributed by atoms with Gasteiger partial charge in [-0.1, -0.05) is 0 Å². The van der Waals surface area contributed by atoms with E-state index in [1.54, 1.807) is 0 Å². The minimum atomic E-state index is -4.41. The third kappa shape index (κ3) is 3.83. The van der Waals surface area contributed by atoms with Crippen molar-refractivity contribution in [3.05, 3.63) is 11.4 Å². The zero-order valence-corrected chi connectivity index (χ0v) is 11.8. The average molecular weight is 320 g/mol. The highest BCUT2D eigenvalue weighted by Crippen LogP contribution is 2.25. The van der Waals surface area contributed by atoms with Gasteiger partial charge in [0.15, 0.2) is 0 Å². The highest BCUT2D eigenvalue weighted by atomic mass is 35.5. The van der Waals surface area contributed by atoms with Crippen molar-refractivity contribution >= 4 is 21.6 Å². The van der Waals surface area contributed by atoms with Gasteiger partial charge >= 0.3 is 6.18 Å². The molecule has 10 heteroatoms. The van der Waals surface area contributed by atoms with Crippen LogP contribution in [-0.2, 0) is 15.9 Å². The summed E-state index contributed by atoms with van der Waals surface area (Å²) in [5.41, 5.74) is 0.340. The Balaban J connectivity index is 3.00. The predicted molar refractivity (Wildman–Crippen MR) is 63.4 cm³/mol. The number of nitrogens with zero attached hydrogens (tertiary/aromatic N) is 2. The Morgan fingerprint density at radius 3 is 2.47 bits per heavy atom. The number of hydrogen-bond acceptors (Lipinski definition) is 3. The van der Waals surface area contributed by atoms with Crippen LogP contribution >= 0.6 is 11.6 Å². The van der Waals surface area contributed by atoms with Crippen molar-refractivity contribution in [2.24, 2.45) is 0 Å². The predicted octanol–water partition coefficient (Wildman–Crippen LogP) is 2.03. The lowest BCUT2D eigenvalue weighted by atomic mass is 10.4. The van der Waals surface area contributed by atoms with Crippen LogP contribution in [0.1, 0.15) is 17.8 Å². The molecule has 1 N–H and O–H groups in total. The lowest BCUT2D eigenvalue weighted by Gasteiger charge is -2.18. The Labute approximate surface area is 113 Å². The van der Waals surface area contributed by atoms with Gasteiger partial charge < -0.3 is 0 Å². The SMILES string of the molecule is Cc1[nH]nc(CCl)c1S(=O)(=O)N(C)CCC(F)(F)F. The largest absolute Gasteiger partial charge is 0.390 e. The number of hydrogen-bond donors (Lipinski definition) is 1. The van der Waals surface area contributed by atoms with Crippen LogP contribution in [0.3, 0.4) is 0 Å². The lowest BCUT2D eigenvalue weighted by Crippen LogP contribution is -2.31. The van der Waals surface area contributed by atoms with Gasteiger partial charge in [-0.25, -0.2) is 12.7 Å². The highest BCUT2D eigenvalue weighted by Gasteiger charge is 2.32. The normalized spacial score (nSPS) is 13.2. The van der Waals surface area contributed by atoms with E-state index in [-0.39, 0.29) is 22.2 Å². The Bertz CT molecular complexity index is 541. The molecule has 1 aromatic heterocycles. The van der Waals surface area contributed by atoms with Gasteiger partial charge in [0.2, 0.25) is 10.0 Å². The van der Waals surface area contributed by atoms with Crippen molar-refractivity contribution in [3.8, 4) is 0 Å². The van der Waals surface area contributed by atoms with Crippen LogP contribution in [0.15, 0.2) is 4.90 Å². The molecule has 0 aliphatic carbocycles. The molecule has 1 rings (SSSR count). The van der Waals surface area contributed by atoms with E-state index in [0.29, 0.717) is 4.31 Å². The molecule has 0 amide bonds. The number of aryl methyl sites for hydroxylation is 1. The third-order valence-electron chi connectivity index (χ3n) is 2.47. The first-order valence-electron chi connectivity index (χ1n) is 5.22. The maximum absolute atomic E-state index is 12.2. The number of alkyl halides is 4. The molecule has 0 saturated heterocycles. The number of aromatic amines is 1. The summed E-state index contributed by atoms with van der Waals surface area (Å²) < 4.78 is 61.3. The quantitative estimate of drug-likeness (QED) is 0.844. The summed E-state index contributed by atoms with van der Waals surface area (Å²) in [7, 11) is -2.95. The second-order valence-electron chi connectivity index (χ2n) is 3.95. The van der Waals surface area contributed by atoms with Gasteiger partial charge in [-0.3, -0.25) is 5.10 Å². The standard InChI is InChI=1S/C9H13ClF3N3O2S/c1-6-8(7(5-10)15-14-6)19(17,18)16(2)4-3-9(11,12)13/h3-5H2,1-2H3,(H,14,15). The van der Waals surface area contributed by atoms with E-state index in [1.807, 2.05) is 0 Å². The van der Waals surface area contributed by atoms with E-state index in [0.717, 1.165) is 7.05 Å². The fourth-order valence-corrected chi connectivity index (χ4v) is 3.23. The number of sulfonamides is 1. The molecule has 0 aliphatic heterocycles. The lowest BCUT2D eigenvalue weighted by molar-refractivity contribution is -0.135. The fourth-order valence-electron chi connectivity index (χ4n) is 1.46. The van der Waals surface area contributed by atoms with Crippen molar-refractivity contribution < 1.29 is 21.6 Å². The van der Waals surface area contributed by atoms with E-state index in [1.165, 1.54) is 6.92 Å². The first-order valence-corrected chi connectivity index (χ1v) is 7.20. The maximum atomic E-state index is 12.2. The second-order valence-corrected chi connectivity index (χ2v) is 6.20. The molecule has 0 atom stereocenters. The van der Waals surface area contributed by atoms with Gasteiger partial charge in [0.25, 0.3) is 0 Å². The summed E-state index contributed by atoms with van der Waals surface area (Å²) in [4.78, 5) is -0.160. The molecule has 0 saturated carbocycles. The summed E-state index contributed by atoms with van der Waals surface area (Å²) in [5.74, 6) is -0.147. The molecule has 110 valence electrons. The van der Waals surface area contributed by atoms with Crippen LogP contribution in [0.5, 0.6) is 0 Å². The van der Waals surface area contributed by atoms with E-state index < -0.39 is 29.2 Å². The van der Waals surface area contributed by atoms with Crippen LogP contribution in [-0.4, -0.2) is 42.7 Å². The monoisotopic (exact) mass is 319 g/mol. The zero-order chi connectivity index (χ0) is 14.8. The molecular weight excluding hydrogens is 307 g/mol. The third-order valence-corrected chi connectivity index (χ3v) is 4.78. The molecule has 1 aromatic rings. The molecule has 0 aliphatic rings. The molecule has 0 unspecified atom stereocenters. The first kappa shape index (κ1) is 16.3.